The smallest absolute Gasteiger partial charge is 0.230 e. The fourth-order valence-electron chi connectivity index (χ4n) is 3.67. The van der Waals surface area contributed by atoms with Crippen LogP contribution in [0.3, 0.4) is 0 Å². The van der Waals surface area contributed by atoms with Crippen molar-refractivity contribution in [1.29, 1.82) is 0 Å². The molecule has 7 nitrogen and oxygen atoms in total. The van der Waals surface area contributed by atoms with Gasteiger partial charge >= 0.3 is 0 Å². The molecule has 2 heterocycles. The number of hydrogen-bond acceptors (Lipinski definition) is 6. The molecule has 0 spiro atoms. The number of aromatic nitrogens is 3. The molecular formula is C22H23ClN4O3S2. The van der Waals surface area contributed by atoms with Gasteiger partial charge in [-0.25, -0.2) is 8.42 Å². The van der Waals surface area contributed by atoms with Crippen LogP contribution in [0.25, 0.3) is 17.1 Å². The molecule has 1 aromatic heterocycles. The Kier molecular flexibility index (Phi) is 6.60. The number of amides is 1. The highest BCUT2D eigenvalue weighted by molar-refractivity contribution is 7.99. The van der Waals surface area contributed by atoms with Crippen LogP contribution in [0.4, 0.5) is 0 Å². The van der Waals surface area contributed by atoms with Crippen LogP contribution in [0, 0.1) is 13.8 Å². The zero-order chi connectivity index (χ0) is 22.9. The third kappa shape index (κ3) is 5.00. The van der Waals surface area contributed by atoms with Crippen molar-refractivity contribution in [3.05, 3.63) is 58.6 Å². The molecule has 0 aliphatic carbocycles. The van der Waals surface area contributed by atoms with E-state index in [0.717, 1.165) is 22.4 Å². The van der Waals surface area contributed by atoms with Crippen molar-refractivity contribution in [3.8, 4) is 17.1 Å². The van der Waals surface area contributed by atoms with Gasteiger partial charge in [0, 0.05) is 11.6 Å². The number of aryl methyl sites for hydroxylation is 2. The first kappa shape index (κ1) is 22.8. The molecule has 2 aromatic carbocycles. The lowest BCUT2D eigenvalue weighted by Gasteiger charge is -2.15. The lowest BCUT2D eigenvalue weighted by molar-refractivity contribution is -0.119. The minimum atomic E-state index is -3.05. The van der Waals surface area contributed by atoms with Crippen LogP contribution in [-0.2, 0) is 14.6 Å². The quantitative estimate of drug-likeness (QED) is 0.530. The fourth-order valence-corrected chi connectivity index (χ4v) is 6.32. The summed E-state index contributed by atoms with van der Waals surface area (Å²) in [4.78, 5) is 12.5. The molecule has 1 N–H and O–H groups in total. The van der Waals surface area contributed by atoms with E-state index in [0.29, 0.717) is 22.4 Å². The second-order valence-corrected chi connectivity index (χ2v) is 11.4. The van der Waals surface area contributed by atoms with Crippen LogP contribution in [0.15, 0.2) is 47.6 Å². The summed E-state index contributed by atoms with van der Waals surface area (Å²) in [5.74, 6) is 0.578. The Hall–Kier alpha value is -2.36. The molecule has 3 aromatic rings. The molecule has 0 bridgehead atoms. The highest BCUT2D eigenvalue weighted by Crippen LogP contribution is 2.33. The van der Waals surface area contributed by atoms with Gasteiger partial charge in [-0.3, -0.25) is 9.36 Å². The number of nitrogens with one attached hydrogen (secondary N) is 1. The number of rotatable bonds is 6. The molecule has 4 rings (SSSR count). The van der Waals surface area contributed by atoms with Gasteiger partial charge in [0.25, 0.3) is 0 Å². The summed E-state index contributed by atoms with van der Waals surface area (Å²) >= 11 is 7.70. The highest BCUT2D eigenvalue weighted by Gasteiger charge is 2.29. The van der Waals surface area contributed by atoms with Crippen molar-refractivity contribution in [2.24, 2.45) is 0 Å². The van der Waals surface area contributed by atoms with Crippen LogP contribution in [0.1, 0.15) is 17.5 Å². The molecule has 1 fully saturated rings. The van der Waals surface area contributed by atoms with E-state index in [1.54, 1.807) is 6.07 Å². The Morgan fingerprint density at radius 3 is 2.72 bits per heavy atom. The Labute approximate surface area is 196 Å². The number of benzene rings is 2. The van der Waals surface area contributed by atoms with Crippen LogP contribution in [0.2, 0.25) is 5.02 Å². The van der Waals surface area contributed by atoms with Gasteiger partial charge in [0.15, 0.2) is 20.8 Å². The van der Waals surface area contributed by atoms with Gasteiger partial charge in [0.1, 0.15) is 0 Å². The van der Waals surface area contributed by atoms with Crippen molar-refractivity contribution >= 4 is 39.1 Å². The Morgan fingerprint density at radius 1 is 1.22 bits per heavy atom. The SMILES string of the molecule is Cc1ccc(C)c(-n2c(SCC(=O)N[C@H]3CCS(=O)(=O)C3)nnc2-c2ccccc2Cl)c1. The highest BCUT2D eigenvalue weighted by atomic mass is 35.5. The van der Waals surface area contributed by atoms with E-state index in [1.807, 2.05) is 54.8 Å². The molecule has 1 aliphatic heterocycles. The Morgan fingerprint density at radius 2 is 2.00 bits per heavy atom. The number of carbonyl (C=O) groups is 1. The maximum Gasteiger partial charge on any atom is 0.230 e. The Balaban J connectivity index is 1.63. The van der Waals surface area contributed by atoms with E-state index in [4.69, 9.17) is 11.6 Å². The maximum atomic E-state index is 12.5. The van der Waals surface area contributed by atoms with E-state index in [9.17, 15) is 13.2 Å². The number of thioether (sulfide) groups is 1. The van der Waals surface area contributed by atoms with Crippen molar-refractivity contribution in [2.45, 2.75) is 31.5 Å². The largest absolute Gasteiger partial charge is 0.352 e. The molecule has 0 unspecified atom stereocenters. The predicted molar refractivity (Wildman–Crippen MR) is 127 cm³/mol. The van der Waals surface area contributed by atoms with Gasteiger partial charge in [0.05, 0.1) is 28.0 Å². The first-order valence-electron chi connectivity index (χ1n) is 10.1. The summed E-state index contributed by atoms with van der Waals surface area (Å²) in [6.07, 6.45) is 0.452. The molecule has 1 aliphatic rings. The normalized spacial score (nSPS) is 17.4. The third-order valence-electron chi connectivity index (χ3n) is 5.28. The van der Waals surface area contributed by atoms with E-state index in [2.05, 4.69) is 15.5 Å². The third-order valence-corrected chi connectivity index (χ3v) is 8.31. The number of sulfone groups is 1. The van der Waals surface area contributed by atoms with Gasteiger partial charge in [-0.15, -0.1) is 10.2 Å². The van der Waals surface area contributed by atoms with E-state index < -0.39 is 9.84 Å². The Bertz CT molecular complexity index is 1270. The van der Waals surface area contributed by atoms with Crippen molar-refractivity contribution in [3.63, 3.8) is 0 Å². The fraction of sp³-hybridized carbons (Fsp3) is 0.318. The minimum Gasteiger partial charge on any atom is -0.352 e. The molecule has 32 heavy (non-hydrogen) atoms. The monoisotopic (exact) mass is 490 g/mol. The summed E-state index contributed by atoms with van der Waals surface area (Å²) in [7, 11) is -3.05. The van der Waals surface area contributed by atoms with Crippen molar-refractivity contribution < 1.29 is 13.2 Å². The van der Waals surface area contributed by atoms with Gasteiger partial charge in [-0.1, -0.05) is 47.6 Å². The topological polar surface area (TPSA) is 94.0 Å². The van der Waals surface area contributed by atoms with Crippen LogP contribution in [0.5, 0.6) is 0 Å². The van der Waals surface area contributed by atoms with Gasteiger partial charge in [0.2, 0.25) is 5.91 Å². The lowest BCUT2D eigenvalue weighted by atomic mass is 10.1. The average molecular weight is 491 g/mol. The number of carbonyl (C=O) groups excluding carboxylic acids is 1. The summed E-state index contributed by atoms with van der Waals surface area (Å²) in [6, 6.07) is 13.2. The summed E-state index contributed by atoms with van der Waals surface area (Å²) in [6.45, 7) is 4.02. The second-order valence-electron chi connectivity index (χ2n) is 7.87. The molecule has 0 saturated carbocycles. The number of halogens is 1. The van der Waals surface area contributed by atoms with E-state index in [-0.39, 0.29) is 29.2 Å². The molecule has 168 valence electrons. The van der Waals surface area contributed by atoms with Crippen LogP contribution in [-0.4, -0.2) is 52.4 Å². The van der Waals surface area contributed by atoms with Gasteiger partial charge in [-0.2, -0.15) is 0 Å². The maximum absolute atomic E-state index is 12.5. The standard InChI is InChI=1S/C22H23ClN4O3S2/c1-14-7-8-15(2)19(11-14)27-21(17-5-3-4-6-18(17)23)25-26-22(27)31-12-20(28)24-16-9-10-32(29,30)13-16/h3-8,11,16H,9-10,12-13H2,1-2H3,(H,24,28)/t16-/m0/s1. The predicted octanol–water partition coefficient (Wildman–Crippen LogP) is 3.60. The number of hydrogen-bond donors (Lipinski definition) is 1. The van der Waals surface area contributed by atoms with Crippen molar-refractivity contribution in [2.75, 3.05) is 17.3 Å². The molecule has 0 radical (unpaired) electrons. The van der Waals surface area contributed by atoms with Gasteiger partial charge < -0.3 is 5.32 Å². The zero-order valence-corrected chi connectivity index (χ0v) is 20.1. The average Bonchev–Trinajstić information content (AvgIpc) is 3.31. The molecule has 10 heteroatoms. The first-order valence-corrected chi connectivity index (χ1v) is 13.3. The molecular weight excluding hydrogens is 468 g/mol. The van der Waals surface area contributed by atoms with E-state index >= 15 is 0 Å². The van der Waals surface area contributed by atoms with Gasteiger partial charge in [-0.05, 0) is 49.6 Å². The molecule has 1 amide bonds. The summed E-state index contributed by atoms with van der Waals surface area (Å²) in [5.41, 5.74) is 3.77. The van der Waals surface area contributed by atoms with Crippen LogP contribution >= 0.6 is 23.4 Å². The van der Waals surface area contributed by atoms with Crippen LogP contribution < -0.4 is 5.32 Å². The summed E-state index contributed by atoms with van der Waals surface area (Å²) in [5, 5.41) is 12.7. The molecule has 1 atom stereocenters. The lowest BCUT2D eigenvalue weighted by Crippen LogP contribution is -2.36. The summed E-state index contributed by atoms with van der Waals surface area (Å²) < 4.78 is 25.2. The zero-order valence-electron chi connectivity index (χ0n) is 17.7. The second kappa shape index (κ2) is 9.25. The minimum absolute atomic E-state index is 0.00126. The molecule has 1 saturated heterocycles. The first-order chi connectivity index (χ1) is 15.2. The number of nitrogens with zero attached hydrogens (tertiary/aromatic N) is 3. The van der Waals surface area contributed by atoms with E-state index in [1.165, 1.54) is 11.8 Å². The van der Waals surface area contributed by atoms with Crippen molar-refractivity contribution in [1.82, 2.24) is 20.1 Å².